The first kappa shape index (κ1) is 10.2. The van der Waals surface area contributed by atoms with Crippen molar-refractivity contribution in [3.63, 3.8) is 0 Å². The van der Waals surface area contributed by atoms with Crippen LogP contribution in [0.2, 0.25) is 0 Å². The molecule has 0 amide bonds. The predicted octanol–water partition coefficient (Wildman–Crippen LogP) is 2.51. The van der Waals surface area contributed by atoms with Gasteiger partial charge in [-0.25, -0.2) is 0 Å². The minimum Gasteiger partial charge on any atom is -0.348 e. The number of hydrogen-bond donors (Lipinski definition) is 1. The van der Waals surface area contributed by atoms with Crippen molar-refractivity contribution in [2.75, 3.05) is 7.05 Å². The minimum atomic E-state index is 0.937. The molecule has 1 aromatic carbocycles. The predicted molar refractivity (Wildman–Crippen MR) is 65.2 cm³/mol. The molecule has 0 aliphatic heterocycles. The van der Waals surface area contributed by atoms with E-state index in [0.717, 1.165) is 6.54 Å². The van der Waals surface area contributed by atoms with Gasteiger partial charge in [-0.1, -0.05) is 11.6 Å². The van der Waals surface area contributed by atoms with Gasteiger partial charge in [0.15, 0.2) is 0 Å². The molecular weight excluding hydrogens is 184 g/mol. The highest BCUT2D eigenvalue weighted by Crippen LogP contribution is 2.25. The maximum absolute atomic E-state index is 3.24. The van der Waals surface area contributed by atoms with E-state index >= 15 is 0 Å². The lowest BCUT2D eigenvalue weighted by Crippen LogP contribution is -2.06. The minimum absolute atomic E-state index is 0.937. The molecule has 2 aromatic rings. The van der Waals surface area contributed by atoms with Crippen LogP contribution in [0.5, 0.6) is 0 Å². The van der Waals surface area contributed by atoms with Crippen molar-refractivity contribution in [1.29, 1.82) is 0 Å². The molecule has 1 heterocycles. The third-order valence-electron chi connectivity index (χ3n) is 3.13. The summed E-state index contributed by atoms with van der Waals surface area (Å²) in [7, 11) is 4.13. The number of aromatic nitrogens is 1. The maximum Gasteiger partial charge on any atom is 0.0483 e. The van der Waals surface area contributed by atoms with Crippen LogP contribution < -0.4 is 5.32 Å². The van der Waals surface area contributed by atoms with Gasteiger partial charge in [0.25, 0.3) is 0 Å². The molecule has 0 atom stereocenters. The van der Waals surface area contributed by atoms with Gasteiger partial charge in [0.2, 0.25) is 0 Å². The summed E-state index contributed by atoms with van der Waals surface area (Å²) in [5.41, 5.74) is 5.41. The molecule has 2 nitrogen and oxygen atoms in total. The molecular formula is C13H18N2. The molecule has 1 N–H and O–H groups in total. The summed E-state index contributed by atoms with van der Waals surface area (Å²) in [6.07, 6.45) is 0. The van der Waals surface area contributed by atoms with E-state index in [9.17, 15) is 0 Å². The van der Waals surface area contributed by atoms with Crippen molar-refractivity contribution >= 4 is 10.9 Å². The number of nitrogens with zero attached hydrogens (tertiary/aromatic N) is 1. The summed E-state index contributed by atoms with van der Waals surface area (Å²) in [6, 6.07) is 6.65. The molecule has 0 radical (unpaired) electrons. The Kier molecular flexibility index (Phi) is 2.53. The standard InChI is InChI=1S/C13H18N2/c1-9-5-6-13-11(7-9)12(8-14-3)10(2)15(13)4/h5-7,14H,8H2,1-4H3. The molecule has 2 rings (SSSR count). The Balaban J connectivity index is 2.76. The van der Waals surface area contributed by atoms with E-state index in [1.165, 1.54) is 27.7 Å². The van der Waals surface area contributed by atoms with Gasteiger partial charge in [0.1, 0.15) is 0 Å². The number of nitrogens with one attached hydrogen (secondary N) is 1. The second-order valence-corrected chi connectivity index (χ2v) is 4.17. The van der Waals surface area contributed by atoms with E-state index in [1.807, 2.05) is 7.05 Å². The summed E-state index contributed by atoms with van der Waals surface area (Å²) in [4.78, 5) is 0. The Morgan fingerprint density at radius 1 is 1.27 bits per heavy atom. The SMILES string of the molecule is CNCc1c(C)n(C)c2ccc(C)cc12. The fourth-order valence-electron chi connectivity index (χ4n) is 2.16. The van der Waals surface area contributed by atoms with Crippen LogP contribution in [0, 0.1) is 13.8 Å². The maximum atomic E-state index is 3.24. The molecule has 0 bridgehead atoms. The number of benzene rings is 1. The lowest BCUT2D eigenvalue weighted by atomic mass is 10.1. The third-order valence-corrected chi connectivity index (χ3v) is 3.13. The van der Waals surface area contributed by atoms with Crippen LogP contribution in [0.25, 0.3) is 10.9 Å². The smallest absolute Gasteiger partial charge is 0.0483 e. The molecule has 0 fully saturated rings. The highest BCUT2D eigenvalue weighted by molar-refractivity contribution is 5.86. The fraction of sp³-hybridized carbons (Fsp3) is 0.385. The van der Waals surface area contributed by atoms with Crippen LogP contribution in [-0.2, 0) is 13.6 Å². The van der Waals surface area contributed by atoms with E-state index in [-0.39, 0.29) is 0 Å². The Hall–Kier alpha value is -1.28. The van der Waals surface area contributed by atoms with E-state index in [4.69, 9.17) is 0 Å². The van der Waals surface area contributed by atoms with Gasteiger partial charge >= 0.3 is 0 Å². The largest absolute Gasteiger partial charge is 0.348 e. The summed E-state index contributed by atoms with van der Waals surface area (Å²) >= 11 is 0. The van der Waals surface area contributed by atoms with Crippen LogP contribution in [0.15, 0.2) is 18.2 Å². The van der Waals surface area contributed by atoms with E-state index in [0.29, 0.717) is 0 Å². The van der Waals surface area contributed by atoms with Crippen LogP contribution in [0.4, 0.5) is 0 Å². The summed E-state index contributed by atoms with van der Waals surface area (Å²) in [6.45, 7) is 5.26. The Morgan fingerprint density at radius 2 is 2.00 bits per heavy atom. The Labute approximate surface area is 90.9 Å². The first-order valence-electron chi connectivity index (χ1n) is 5.34. The van der Waals surface area contributed by atoms with E-state index < -0.39 is 0 Å². The average Bonchev–Trinajstić information content (AvgIpc) is 2.44. The molecule has 0 saturated heterocycles. The summed E-state index contributed by atoms with van der Waals surface area (Å²) in [5.74, 6) is 0. The van der Waals surface area contributed by atoms with Gasteiger partial charge < -0.3 is 9.88 Å². The molecule has 0 aliphatic rings. The van der Waals surface area contributed by atoms with Crippen LogP contribution in [0.1, 0.15) is 16.8 Å². The van der Waals surface area contributed by atoms with Crippen molar-refractivity contribution in [2.24, 2.45) is 7.05 Å². The molecule has 2 heteroatoms. The molecule has 80 valence electrons. The topological polar surface area (TPSA) is 17.0 Å². The zero-order valence-electron chi connectivity index (χ0n) is 9.89. The van der Waals surface area contributed by atoms with Crippen LogP contribution >= 0.6 is 0 Å². The first-order chi connectivity index (χ1) is 7.15. The number of fused-ring (bicyclic) bond motifs is 1. The number of rotatable bonds is 2. The average molecular weight is 202 g/mol. The lowest BCUT2D eigenvalue weighted by Gasteiger charge is -2.00. The Morgan fingerprint density at radius 3 is 2.67 bits per heavy atom. The zero-order chi connectivity index (χ0) is 11.0. The van der Waals surface area contributed by atoms with Gasteiger partial charge in [-0.15, -0.1) is 0 Å². The monoisotopic (exact) mass is 202 g/mol. The third kappa shape index (κ3) is 1.55. The van der Waals surface area contributed by atoms with Crippen LogP contribution in [0.3, 0.4) is 0 Å². The van der Waals surface area contributed by atoms with Gasteiger partial charge in [-0.05, 0) is 38.6 Å². The van der Waals surface area contributed by atoms with Crippen molar-refractivity contribution in [2.45, 2.75) is 20.4 Å². The second kappa shape index (κ2) is 3.70. The van der Waals surface area contributed by atoms with Crippen molar-refractivity contribution in [3.05, 3.63) is 35.0 Å². The van der Waals surface area contributed by atoms with Gasteiger partial charge in [-0.2, -0.15) is 0 Å². The number of aryl methyl sites for hydroxylation is 2. The van der Waals surface area contributed by atoms with Gasteiger partial charge in [-0.3, -0.25) is 0 Å². The summed E-state index contributed by atoms with van der Waals surface area (Å²) in [5, 5.41) is 4.62. The molecule has 0 aliphatic carbocycles. The summed E-state index contributed by atoms with van der Waals surface area (Å²) < 4.78 is 2.27. The van der Waals surface area contributed by atoms with Crippen molar-refractivity contribution in [3.8, 4) is 0 Å². The molecule has 1 aromatic heterocycles. The quantitative estimate of drug-likeness (QED) is 0.791. The van der Waals surface area contributed by atoms with E-state index in [1.54, 1.807) is 0 Å². The molecule has 0 spiro atoms. The molecule has 0 saturated carbocycles. The fourth-order valence-corrected chi connectivity index (χ4v) is 2.16. The highest BCUT2D eigenvalue weighted by atomic mass is 15.0. The lowest BCUT2D eigenvalue weighted by molar-refractivity contribution is 0.801. The van der Waals surface area contributed by atoms with Crippen LogP contribution in [-0.4, -0.2) is 11.6 Å². The van der Waals surface area contributed by atoms with Crippen molar-refractivity contribution in [1.82, 2.24) is 9.88 Å². The molecule has 0 unspecified atom stereocenters. The highest BCUT2D eigenvalue weighted by Gasteiger charge is 2.10. The zero-order valence-corrected chi connectivity index (χ0v) is 9.89. The van der Waals surface area contributed by atoms with Gasteiger partial charge in [0.05, 0.1) is 0 Å². The normalized spacial score (nSPS) is 11.2. The Bertz CT molecular complexity index is 495. The van der Waals surface area contributed by atoms with E-state index in [2.05, 4.69) is 49.0 Å². The second-order valence-electron chi connectivity index (χ2n) is 4.17. The molecule has 15 heavy (non-hydrogen) atoms. The van der Waals surface area contributed by atoms with Gasteiger partial charge in [0, 0.05) is 30.2 Å². The first-order valence-corrected chi connectivity index (χ1v) is 5.34. The number of hydrogen-bond acceptors (Lipinski definition) is 1. The van der Waals surface area contributed by atoms with Crippen molar-refractivity contribution < 1.29 is 0 Å².